The zero-order valence-electron chi connectivity index (χ0n) is 16.1. The van der Waals surface area contributed by atoms with E-state index in [1.807, 2.05) is 19.4 Å². The SMILES string of the molecule is CCNC(=NCc1cnn(C)c1)NC1CCN(C(=O)C2CCCCC2)C1. The smallest absolute Gasteiger partial charge is 0.225 e. The molecule has 0 radical (unpaired) electrons. The van der Waals surface area contributed by atoms with Gasteiger partial charge in [-0.2, -0.15) is 5.10 Å². The number of aryl methyl sites for hydroxylation is 1. The largest absolute Gasteiger partial charge is 0.357 e. The number of aromatic nitrogens is 2. The Labute approximate surface area is 156 Å². The monoisotopic (exact) mass is 360 g/mol. The molecule has 144 valence electrons. The predicted molar refractivity (Wildman–Crippen MR) is 103 cm³/mol. The molecule has 26 heavy (non-hydrogen) atoms. The molecular weight excluding hydrogens is 328 g/mol. The fourth-order valence-corrected chi connectivity index (χ4v) is 3.92. The summed E-state index contributed by atoms with van der Waals surface area (Å²) < 4.78 is 1.79. The standard InChI is InChI=1S/C19H32N6O/c1-3-20-19(21-11-15-12-22-24(2)13-15)23-17-9-10-25(14-17)18(26)16-7-5-4-6-8-16/h12-13,16-17H,3-11,14H2,1-2H3,(H2,20,21,23). The van der Waals surface area contributed by atoms with E-state index < -0.39 is 0 Å². The predicted octanol–water partition coefficient (Wildman–Crippen LogP) is 1.66. The molecule has 1 unspecified atom stereocenters. The minimum Gasteiger partial charge on any atom is -0.357 e. The van der Waals surface area contributed by atoms with Gasteiger partial charge in [-0.25, -0.2) is 4.99 Å². The first-order valence-corrected chi connectivity index (χ1v) is 9.97. The number of amides is 1. The molecule has 1 aromatic heterocycles. The molecule has 1 aliphatic heterocycles. The summed E-state index contributed by atoms with van der Waals surface area (Å²) in [6.07, 6.45) is 10.6. The Morgan fingerprint density at radius 2 is 2.12 bits per heavy atom. The van der Waals surface area contributed by atoms with Gasteiger partial charge in [-0.3, -0.25) is 9.48 Å². The van der Waals surface area contributed by atoms with Crippen LogP contribution in [0.1, 0.15) is 51.0 Å². The lowest BCUT2D eigenvalue weighted by Gasteiger charge is -2.26. The number of hydrogen-bond acceptors (Lipinski definition) is 3. The molecule has 2 N–H and O–H groups in total. The third-order valence-electron chi connectivity index (χ3n) is 5.32. The summed E-state index contributed by atoms with van der Waals surface area (Å²) in [7, 11) is 1.91. The number of rotatable bonds is 5. The second-order valence-corrected chi connectivity index (χ2v) is 7.47. The maximum Gasteiger partial charge on any atom is 0.225 e. The highest BCUT2D eigenvalue weighted by Crippen LogP contribution is 2.26. The molecular formula is C19H32N6O. The Morgan fingerprint density at radius 3 is 2.81 bits per heavy atom. The van der Waals surface area contributed by atoms with E-state index in [4.69, 9.17) is 0 Å². The van der Waals surface area contributed by atoms with Crippen LogP contribution >= 0.6 is 0 Å². The second kappa shape index (κ2) is 9.05. The number of nitrogens with one attached hydrogen (secondary N) is 2. The van der Waals surface area contributed by atoms with Gasteiger partial charge in [0.1, 0.15) is 0 Å². The summed E-state index contributed by atoms with van der Waals surface area (Å²) in [6.45, 7) is 5.12. The second-order valence-electron chi connectivity index (χ2n) is 7.47. The lowest BCUT2D eigenvalue weighted by Crippen LogP contribution is -2.45. The van der Waals surface area contributed by atoms with Gasteiger partial charge in [-0.1, -0.05) is 19.3 Å². The molecule has 7 nitrogen and oxygen atoms in total. The van der Waals surface area contributed by atoms with Crippen molar-refractivity contribution in [1.29, 1.82) is 0 Å². The van der Waals surface area contributed by atoms with E-state index in [2.05, 4.69) is 32.5 Å². The molecule has 3 rings (SSSR count). The van der Waals surface area contributed by atoms with Crippen LogP contribution in [0.15, 0.2) is 17.4 Å². The summed E-state index contributed by atoms with van der Waals surface area (Å²) >= 11 is 0. The molecule has 1 atom stereocenters. The van der Waals surface area contributed by atoms with Crippen LogP contribution in [0.2, 0.25) is 0 Å². The molecule has 2 fully saturated rings. The average Bonchev–Trinajstić information content (AvgIpc) is 3.29. The Morgan fingerprint density at radius 1 is 1.31 bits per heavy atom. The highest BCUT2D eigenvalue weighted by atomic mass is 16.2. The summed E-state index contributed by atoms with van der Waals surface area (Å²) in [4.78, 5) is 19.4. The highest BCUT2D eigenvalue weighted by Gasteiger charge is 2.31. The number of hydrogen-bond donors (Lipinski definition) is 2. The van der Waals surface area contributed by atoms with Crippen LogP contribution in [0.25, 0.3) is 0 Å². The van der Waals surface area contributed by atoms with Crippen molar-refractivity contribution in [2.75, 3.05) is 19.6 Å². The Balaban J connectivity index is 1.52. The Kier molecular flexibility index (Phi) is 6.52. The molecule has 2 aliphatic rings. The van der Waals surface area contributed by atoms with Crippen molar-refractivity contribution in [2.24, 2.45) is 18.0 Å². The molecule has 1 aromatic rings. The number of aliphatic imine (C=N–C) groups is 1. The van der Waals surface area contributed by atoms with Crippen LogP contribution in [0.3, 0.4) is 0 Å². The third kappa shape index (κ3) is 4.99. The molecule has 1 aliphatic carbocycles. The lowest BCUT2D eigenvalue weighted by molar-refractivity contribution is -0.135. The van der Waals surface area contributed by atoms with Gasteiger partial charge in [0.25, 0.3) is 0 Å². The maximum atomic E-state index is 12.7. The van der Waals surface area contributed by atoms with Gasteiger partial charge in [0.15, 0.2) is 5.96 Å². The summed E-state index contributed by atoms with van der Waals surface area (Å²) in [5.74, 6) is 1.44. The first-order valence-electron chi connectivity index (χ1n) is 9.97. The van der Waals surface area contributed by atoms with E-state index in [0.717, 1.165) is 50.4 Å². The first kappa shape index (κ1) is 18.7. The van der Waals surface area contributed by atoms with E-state index >= 15 is 0 Å². The topological polar surface area (TPSA) is 74.6 Å². The lowest BCUT2D eigenvalue weighted by atomic mass is 9.88. The van der Waals surface area contributed by atoms with E-state index in [1.54, 1.807) is 4.68 Å². The van der Waals surface area contributed by atoms with Gasteiger partial charge in [0.05, 0.1) is 12.7 Å². The van der Waals surface area contributed by atoms with Crippen LogP contribution < -0.4 is 10.6 Å². The van der Waals surface area contributed by atoms with E-state index in [1.165, 1.54) is 19.3 Å². The summed E-state index contributed by atoms with van der Waals surface area (Å²) in [5.41, 5.74) is 1.09. The molecule has 0 aromatic carbocycles. The van der Waals surface area contributed by atoms with Gasteiger partial charge in [-0.05, 0) is 26.2 Å². The molecule has 1 amide bonds. The van der Waals surface area contributed by atoms with E-state index in [9.17, 15) is 4.79 Å². The third-order valence-corrected chi connectivity index (χ3v) is 5.32. The Hall–Kier alpha value is -2.05. The van der Waals surface area contributed by atoms with Gasteiger partial charge in [-0.15, -0.1) is 0 Å². The fraction of sp³-hybridized carbons (Fsp3) is 0.737. The molecule has 1 saturated heterocycles. The summed E-state index contributed by atoms with van der Waals surface area (Å²) in [5, 5.41) is 11.0. The summed E-state index contributed by atoms with van der Waals surface area (Å²) in [6, 6.07) is 0.272. The van der Waals surface area contributed by atoms with Gasteiger partial charge >= 0.3 is 0 Å². The van der Waals surface area contributed by atoms with Crippen LogP contribution in [-0.2, 0) is 18.4 Å². The zero-order valence-corrected chi connectivity index (χ0v) is 16.1. The average molecular weight is 361 g/mol. The normalized spacial score (nSPS) is 21.8. The van der Waals surface area contributed by atoms with Crippen molar-refractivity contribution in [3.8, 4) is 0 Å². The van der Waals surface area contributed by atoms with Crippen molar-refractivity contribution in [3.63, 3.8) is 0 Å². The van der Waals surface area contributed by atoms with Gasteiger partial charge in [0, 0.05) is 50.4 Å². The quantitative estimate of drug-likeness (QED) is 0.619. The number of carbonyl (C=O) groups excluding carboxylic acids is 1. The van der Waals surface area contributed by atoms with Crippen molar-refractivity contribution < 1.29 is 4.79 Å². The van der Waals surface area contributed by atoms with E-state index in [0.29, 0.717) is 12.5 Å². The highest BCUT2D eigenvalue weighted by molar-refractivity contribution is 5.81. The minimum atomic E-state index is 0.259. The molecule has 2 heterocycles. The van der Waals surface area contributed by atoms with Crippen LogP contribution in [0, 0.1) is 5.92 Å². The number of carbonyl (C=O) groups is 1. The molecule has 0 bridgehead atoms. The number of likely N-dealkylation sites (tertiary alicyclic amines) is 1. The van der Waals surface area contributed by atoms with E-state index in [-0.39, 0.29) is 12.0 Å². The maximum absolute atomic E-state index is 12.7. The van der Waals surface area contributed by atoms with Gasteiger partial charge < -0.3 is 15.5 Å². The van der Waals surface area contributed by atoms with Crippen LogP contribution in [0.5, 0.6) is 0 Å². The van der Waals surface area contributed by atoms with Crippen LogP contribution in [-0.4, -0.2) is 52.2 Å². The van der Waals surface area contributed by atoms with Crippen molar-refractivity contribution in [3.05, 3.63) is 18.0 Å². The first-order chi connectivity index (χ1) is 12.7. The Bertz CT molecular complexity index is 619. The van der Waals surface area contributed by atoms with Crippen molar-refractivity contribution in [2.45, 2.75) is 58.0 Å². The van der Waals surface area contributed by atoms with Crippen LogP contribution in [0.4, 0.5) is 0 Å². The molecule has 0 spiro atoms. The number of guanidine groups is 1. The fourth-order valence-electron chi connectivity index (χ4n) is 3.92. The van der Waals surface area contributed by atoms with Crippen molar-refractivity contribution >= 4 is 11.9 Å². The number of nitrogens with zero attached hydrogens (tertiary/aromatic N) is 4. The molecule has 1 saturated carbocycles. The zero-order chi connectivity index (χ0) is 18.4. The molecule has 7 heteroatoms. The van der Waals surface area contributed by atoms with Gasteiger partial charge in [0.2, 0.25) is 5.91 Å². The van der Waals surface area contributed by atoms with Crippen molar-refractivity contribution in [1.82, 2.24) is 25.3 Å². The minimum absolute atomic E-state index is 0.259.